The standard InChI is InChI=1S/C24H32N4O4/c1-3-32-18-6-13-25-24(26-20-11-9-19(10-12-20)23(29)30)28-16-14-27(15-17-28)21-7-4-5-8-22(21)31-2/h4-5,7-12H,3,6,13-18H2,1-2H3,(H,25,26)(H,29,30). The molecule has 1 aliphatic rings. The second-order valence-electron chi connectivity index (χ2n) is 7.41. The van der Waals surface area contributed by atoms with Crippen molar-refractivity contribution in [2.75, 3.05) is 63.3 Å². The number of para-hydroxylation sites is 2. The minimum Gasteiger partial charge on any atom is -0.495 e. The van der Waals surface area contributed by atoms with Crippen LogP contribution in [0.5, 0.6) is 5.75 Å². The zero-order valence-electron chi connectivity index (χ0n) is 18.8. The molecule has 172 valence electrons. The number of methoxy groups -OCH3 is 1. The number of nitrogens with zero attached hydrogens (tertiary/aromatic N) is 3. The van der Waals surface area contributed by atoms with Gasteiger partial charge in [0.15, 0.2) is 5.96 Å². The number of hydrogen-bond acceptors (Lipinski definition) is 5. The van der Waals surface area contributed by atoms with E-state index in [1.54, 1.807) is 31.4 Å². The van der Waals surface area contributed by atoms with Gasteiger partial charge in [-0.25, -0.2) is 4.79 Å². The summed E-state index contributed by atoms with van der Waals surface area (Å²) < 4.78 is 10.9. The molecule has 0 amide bonds. The quantitative estimate of drug-likeness (QED) is 0.351. The van der Waals surface area contributed by atoms with Crippen molar-refractivity contribution >= 4 is 23.3 Å². The summed E-state index contributed by atoms with van der Waals surface area (Å²) in [6.45, 7) is 7.33. The summed E-state index contributed by atoms with van der Waals surface area (Å²) in [6.07, 6.45) is 0.845. The van der Waals surface area contributed by atoms with Crippen molar-refractivity contribution in [3.8, 4) is 5.75 Å². The minimum absolute atomic E-state index is 0.260. The molecule has 0 aromatic heterocycles. The fraction of sp³-hybridized carbons (Fsp3) is 0.417. The number of anilines is 2. The van der Waals surface area contributed by atoms with Gasteiger partial charge in [-0.2, -0.15) is 0 Å². The van der Waals surface area contributed by atoms with Gasteiger partial charge in [-0.1, -0.05) is 12.1 Å². The monoisotopic (exact) mass is 440 g/mol. The SMILES string of the molecule is CCOCCCN=C(Nc1ccc(C(=O)O)cc1)N1CCN(c2ccccc2OC)CC1. The number of piperazine rings is 1. The zero-order valence-corrected chi connectivity index (χ0v) is 18.8. The topological polar surface area (TPSA) is 86.6 Å². The summed E-state index contributed by atoms with van der Waals surface area (Å²) in [7, 11) is 1.70. The lowest BCUT2D eigenvalue weighted by molar-refractivity contribution is 0.0697. The summed E-state index contributed by atoms with van der Waals surface area (Å²) >= 11 is 0. The van der Waals surface area contributed by atoms with Crippen LogP contribution in [-0.2, 0) is 4.74 Å². The lowest BCUT2D eigenvalue weighted by Crippen LogP contribution is -2.50. The molecule has 0 aliphatic carbocycles. The third kappa shape index (κ3) is 6.37. The number of aromatic carboxylic acids is 1. The molecule has 0 unspecified atom stereocenters. The largest absolute Gasteiger partial charge is 0.495 e. The molecule has 1 heterocycles. The molecule has 1 fully saturated rings. The lowest BCUT2D eigenvalue weighted by atomic mass is 10.2. The van der Waals surface area contributed by atoms with Crippen molar-refractivity contribution in [3.63, 3.8) is 0 Å². The summed E-state index contributed by atoms with van der Waals surface area (Å²) in [5, 5.41) is 12.5. The number of nitrogens with one attached hydrogen (secondary N) is 1. The molecule has 2 aromatic carbocycles. The van der Waals surface area contributed by atoms with Crippen LogP contribution < -0.4 is 15.0 Å². The third-order valence-electron chi connectivity index (χ3n) is 5.31. The van der Waals surface area contributed by atoms with Crippen LogP contribution in [0.25, 0.3) is 0 Å². The van der Waals surface area contributed by atoms with Crippen LogP contribution in [0, 0.1) is 0 Å². The van der Waals surface area contributed by atoms with Gasteiger partial charge >= 0.3 is 5.97 Å². The summed E-state index contributed by atoms with van der Waals surface area (Å²) in [6, 6.07) is 14.8. The molecule has 32 heavy (non-hydrogen) atoms. The molecule has 0 saturated carbocycles. The van der Waals surface area contributed by atoms with Crippen molar-refractivity contribution in [2.24, 2.45) is 4.99 Å². The van der Waals surface area contributed by atoms with E-state index in [-0.39, 0.29) is 5.56 Å². The van der Waals surface area contributed by atoms with E-state index in [4.69, 9.17) is 19.6 Å². The Kier molecular flexibility index (Phi) is 8.74. The van der Waals surface area contributed by atoms with Crippen LogP contribution in [0.2, 0.25) is 0 Å². The van der Waals surface area contributed by atoms with Crippen molar-refractivity contribution in [1.82, 2.24) is 4.90 Å². The molecule has 3 rings (SSSR count). The number of guanidine groups is 1. The van der Waals surface area contributed by atoms with Gasteiger partial charge < -0.3 is 29.7 Å². The van der Waals surface area contributed by atoms with Crippen LogP contribution in [0.1, 0.15) is 23.7 Å². The summed E-state index contributed by atoms with van der Waals surface area (Å²) in [4.78, 5) is 20.5. The van der Waals surface area contributed by atoms with Crippen LogP contribution in [-0.4, -0.2) is 75.0 Å². The Morgan fingerprint density at radius 2 is 1.81 bits per heavy atom. The third-order valence-corrected chi connectivity index (χ3v) is 5.31. The van der Waals surface area contributed by atoms with Crippen molar-refractivity contribution < 1.29 is 19.4 Å². The number of carbonyl (C=O) groups is 1. The predicted octanol–water partition coefficient (Wildman–Crippen LogP) is 3.41. The number of hydrogen-bond donors (Lipinski definition) is 2. The van der Waals surface area contributed by atoms with Crippen molar-refractivity contribution in [2.45, 2.75) is 13.3 Å². The first-order valence-corrected chi connectivity index (χ1v) is 11.0. The number of aliphatic imine (C=N–C) groups is 1. The van der Waals surface area contributed by atoms with Crippen molar-refractivity contribution in [1.29, 1.82) is 0 Å². The predicted molar refractivity (Wildman–Crippen MR) is 127 cm³/mol. The number of ether oxygens (including phenoxy) is 2. The van der Waals surface area contributed by atoms with Gasteiger partial charge in [0.25, 0.3) is 0 Å². The average molecular weight is 441 g/mol. The molecule has 0 radical (unpaired) electrons. The maximum absolute atomic E-state index is 11.1. The van der Waals surface area contributed by atoms with Crippen LogP contribution in [0.15, 0.2) is 53.5 Å². The van der Waals surface area contributed by atoms with Gasteiger partial charge in [-0.3, -0.25) is 4.99 Å². The number of benzene rings is 2. The number of carboxylic acids is 1. The summed E-state index contributed by atoms with van der Waals surface area (Å²) in [5.41, 5.74) is 2.17. The van der Waals surface area contributed by atoms with E-state index in [1.807, 2.05) is 25.1 Å². The fourth-order valence-corrected chi connectivity index (χ4v) is 3.59. The smallest absolute Gasteiger partial charge is 0.335 e. The molecular weight excluding hydrogens is 408 g/mol. The lowest BCUT2D eigenvalue weighted by Gasteiger charge is -2.38. The Balaban J connectivity index is 1.67. The highest BCUT2D eigenvalue weighted by atomic mass is 16.5. The second kappa shape index (κ2) is 12.0. The molecule has 8 heteroatoms. The molecule has 2 N–H and O–H groups in total. The van der Waals surface area contributed by atoms with Gasteiger partial charge in [-0.05, 0) is 49.7 Å². The highest BCUT2D eigenvalue weighted by molar-refractivity contribution is 5.95. The van der Waals surface area contributed by atoms with Crippen LogP contribution in [0.4, 0.5) is 11.4 Å². The van der Waals surface area contributed by atoms with E-state index in [9.17, 15) is 4.79 Å². The first-order valence-electron chi connectivity index (χ1n) is 11.0. The summed E-state index contributed by atoms with van der Waals surface area (Å²) in [5.74, 6) is 0.737. The van der Waals surface area contributed by atoms with E-state index in [0.717, 1.165) is 55.7 Å². The zero-order chi connectivity index (χ0) is 22.8. The van der Waals surface area contributed by atoms with E-state index in [1.165, 1.54) is 0 Å². The minimum atomic E-state index is -0.936. The van der Waals surface area contributed by atoms with E-state index < -0.39 is 5.97 Å². The molecule has 1 saturated heterocycles. The average Bonchev–Trinajstić information content (AvgIpc) is 2.83. The molecule has 0 spiro atoms. The molecule has 2 aromatic rings. The van der Waals surface area contributed by atoms with Crippen molar-refractivity contribution in [3.05, 3.63) is 54.1 Å². The first-order chi connectivity index (χ1) is 15.6. The highest BCUT2D eigenvalue weighted by Crippen LogP contribution is 2.28. The van der Waals surface area contributed by atoms with E-state index >= 15 is 0 Å². The Labute approximate surface area is 189 Å². The van der Waals surface area contributed by atoms with Gasteiger partial charge in [0.2, 0.25) is 0 Å². The highest BCUT2D eigenvalue weighted by Gasteiger charge is 2.22. The second-order valence-corrected chi connectivity index (χ2v) is 7.41. The molecular formula is C24H32N4O4. The molecule has 1 aliphatic heterocycles. The Morgan fingerprint density at radius 1 is 1.09 bits per heavy atom. The molecule has 0 atom stereocenters. The molecule has 0 bridgehead atoms. The number of rotatable bonds is 9. The van der Waals surface area contributed by atoms with Gasteiger partial charge in [0.1, 0.15) is 5.75 Å². The van der Waals surface area contributed by atoms with Gasteiger partial charge in [-0.15, -0.1) is 0 Å². The van der Waals surface area contributed by atoms with Gasteiger partial charge in [0, 0.05) is 51.6 Å². The Morgan fingerprint density at radius 3 is 2.47 bits per heavy atom. The van der Waals surface area contributed by atoms with Gasteiger partial charge in [0.05, 0.1) is 18.4 Å². The Bertz CT molecular complexity index is 893. The normalized spacial score (nSPS) is 14.4. The number of carboxylic acid groups (broad SMARTS) is 1. The first kappa shape index (κ1) is 23.4. The van der Waals surface area contributed by atoms with Crippen LogP contribution in [0.3, 0.4) is 0 Å². The van der Waals surface area contributed by atoms with Crippen LogP contribution >= 0.6 is 0 Å². The Hall–Kier alpha value is -3.26. The maximum atomic E-state index is 11.1. The van der Waals surface area contributed by atoms with E-state index in [0.29, 0.717) is 19.8 Å². The molecule has 8 nitrogen and oxygen atoms in total. The fourth-order valence-electron chi connectivity index (χ4n) is 3.59. The van der Waals surface area contributed by atoms with E-state index in [2.05, 4.69) is 21.2 Å². The maximum Gasteiger partial charge on any atom is 0.335 e.